The Bertz CT molecular complexity index is 545. The Morgan fingerprint density at radius 2 is 2.12 bits per heavy atom. The van der Waals surface area contributed by atoms with Crippen molar-refractivity contribution in [2.45, 2.75) is 6.92 Å². The smallest absolute Gasteiger partial charge is 0.272 e. The minimum Gasteiger partial charge on any atom is -0.344 e. The summed E-state index contributed by atoms with van der Waals surface area (Å²) in [5.74, 6) is -0.135. The van der Waals surface area contributed by atoms with Gasteiger partial charge in [0.25, 0.3) is 5.91 Å². The second-order valence-corrected chi connectivity index (χ2v) is 4.56. The largest absolute Gasteiger partial charge is 0.344 e. The summed E-state index contributed by atoms with van der Waals surface area (Å²) in [6.07, 6.45) is 1.61. The number of nitrogens with one attached hydrogen (secondary N) is 1. The average Bonchev–Trinajstić information content (AvgIpc) is 2.63. The summed E-state index contributed by atoms with van der Waals surface area (Å²) >= 11 is 3.24. The fourth-order valence-electron chi connectivity index (χ4n) is 1.49. The highest BCUT2D eigenvalue weighted by atomic mass is 79.9. The minimum absolute atomic E-state index is 0.135. The zero-order chi connectivity index (χ0) is 12.4. The van der Waals surface area contributed by atoms with Crippen molar-refractivity contribution in [2.24, 2.45) is 7.05 Å². The molecule has 4 nitrogen and oxygen atoms in total. The van der Waals surface area contributed by atoms with Gasteiger partial charge in [-0.1, -0.05) is 0 Å². The molecule has 0 atom stereocenters. The first kappa shape index (κ1) is 11.9. The standard InChI is InChI=1S/C12H12BrN3O/c1-8-3-5-10(16(8)2)12(17)15-9-4-6-11(13)14-7-9/h3-7H,1-2H3,(H,15,17). The summed E-state index contributed by atoms with van der Waals surface area (Å²) < 4.78 is 2.59. The molecule has 17 heavy (non-hydrogen) atoms. The van der Waals surface area contributed by atoms with Crippen LogP contribution in [-0.4, -0.2) is 15.5 Å². The van der Waals surface area contributed by atoms with E-state index in [2.05, 4.69) is 26.2 Å². The fraction of sp³-hybridized carbons (Fsp3) is 0.167. The van der Waals surface area contributed by atoms with Crippen LogP contribution in [0.4, 0.5) is 5.69 Å². The fourth-order valence-corrected chi connectivity index (χ4v) is 1.72. The number of amides is 1. The molecule has 0 aromatic carbocycles. The van der Waals surface area contributed by atoms with Crippen LogP contribution in [0, 0.1) is 6.92 Å². The molecule has 1 N–H and O–H groups in total. The minimum atomic E-state index is -0.135. The van der Waals surface area contributed by atoms with Crippen molar-refractivity contribution in [1.29, 1.82) is 0 Å². The van der Waals surface area contributed by atoms with Crippen molar-refractivity contribution >= 4 is 27.5 Å². The van der Waals surface area contributed by atoms with Gasteiger partial charge in [0, 0.05) is 12.7 Å². The predicted octanol–water partition coefficient (Wildman–Crippen LogP) is 2.74. The summed E-state index contributed by atoms with van der Waals surface area (Å²) in [5.41, 5.74) is 2.35. The van der Waals surface area contributed by atoms with Crippen molar-refractivity contribution in [2.75, 3.05) is 5.32 Å². The normalized spacial score (nSPS) is 10.3. The first-order valence-corrected chi connectivity index (χ1v) is 5.92. The van der Waals surface area contributed by atoms with Gasteiger partial charge in [-0.15, -0.1) is 0 Å². The highest BCUT2D eigenvalue weighted by Crippen LogP contribution is 2.13. The van der Waals surface area contributed by atoms with E-state index in [1.165, 1.54) is 0 Å². The number of carbonyl (C=O) groups is 1. The Balaban J connectivity index is 2.17. The number of pyridine rings is 1. The Kier molecular flexibility index (Phi) is 3.28. The number of carbonyl (C=O) groups excluding carboxylic acids is 1. The van der Waals surface area contributed by atoms with Crippen LogP contribution in [0.15, 0.2) is 35.1 Å². The lowest BCUT2D eigenvalue weighted by molar-refractivity contribution is 0.101. The molecule has 0 fully saturated rings. The molecule has 0 bridgehead atoms. The number of anilines is 1. The highest BCUT2D eigenvalue weighted by Gasteiger charge is 2.10. The van der Waals surface area contributed by atoms with E-state index in [0.29, 0.717) is 11.4 Å². The number of hydrogen-bond donors (Lipinski definition) is 1. The maximum atomic E-state index is 12.0. The summed E-state index contributed by atoms with van der Waals surface area (Å²) in [5, 5.41) is 2.80. The van der Waals surface area contributed by atoms with Crippen molar-refractivity contribution in [3.63, 3.8) is 0 Å². The van der Waals surface area contributed by atoms with E-state index in [4.69, 9.17) is 0 Å². The van der Waals surface area contributed by atoms with Gasteiger partial charge in [-0.25, -0.2) is 4.98 Å². The van der Waals surface area contributed by atoms with Gasteiger partial charge in [0.05, 0.1) is 11.9 Å². The number of hydrogen-bond acceptors (Lipinski definition) is 2. The summed E-state index contributed by atoms with van der Waals surface area (Å²) in [6, 6.07) is 7.29. The monoisotopic (exact) mass is 293 g/mol. The molecular formula is C12H12BrN3O. The average molecular weight is 294 g/mol. The highest BCUT2D eigenvalue weighted by molar-refractivity contribution is 9.10. The number of aryl methyl sites for hydroxylation is 1. The lowest BCUT2D eigenvalue weighted by Crippen LogP contribution is -2.16. The predicted molar refractivity (Wildman–Crippen MR) is 70.0 cm³/mol. The van der Waals surface area contributed by atoms with Crippen LogP contribution < -0.4 is 5.32 Å². The van der Waals surface area contributed by atoms with Crippen LogP contribution in [0.25, 0.3) is 0 Å². The van der Waals surface area contributed by atoms with Gasteiger partial charge < -0.3 is 9.88 Å². The molecule has 2 heterocycles. The lowest BCUT2D eigenvalue weighted by atomic mass is 10.3. The molecule has 0 saturated carbocycles. The second-order valence-electron chi connectivity index (χ2n) is 3.74. The number of nitrogens with zero attached hydrogens (tertiary/aromatic N) is 2. The van der Waals surface area contributed by atoms with E-state index in [1.54, 1.807) is 24.4 Å². The zero-order valence-corrected chi connectivity index (χ0v) is 11.2. The van der Waals surface area contributed by atoms with Crippen molar-refractivity contribution in [1.82, 2.24) is 9.55 Å². The third-order valence-electron chi connectivity index (χ3n) is 2.59. The molecule has 2 aromatic rings. The molecule has 0 spiro atoms. The van der Waals surface area contributed by atoms with Crippen LogP contribution in [-0.2, 0) is 7.05 Å². The third kappa shape index (κ3) is 2.55. The van der Waals surface area contributed by atoms with Gasteiger partial charge in [0.1, 0.15) is 10.3 Å². The van der Waals surface area contributed by atoms with Crippen LogP contribution >= 0.6 is 15.9 Å². The number of halogens is 1. The molecule has 2 aromatic heterocycles. The SMILES string of the molecule is Cc1ccc(C(=O)Nc2ccc(Br)nc2)n1C. The quantitative estimate of drug-likeness (QED) is 0.866. The summed E-state index contributed by atoms with van der Waals surface area (Å²) in [4.78, 5) is 16.0. The molecule has 0 saturated heterocycles. The van der Waals surface area contributed by atoms with Gasteiger partial charge in [-0.2, -0.15) is 0 Å². The Morgan fingerprint density at radius 1 is 1.35 bits per heavy atom. The van der Waals surface area contributed by atoms with Crippen LogP contribution in [0.2, 0.25) is 0 Å². The van der Waals surface area contributed by atoms with Gasteiger partial charge in [-0.3, -0.25) is 4.79 Å². The van der Waals surface area contributed by atoms with Gasteiger partial charge in [0.15, 0.2) is 0 Å². The summed E-state index contributed by atoms with van der Waals surface area (Å²) in [6.45, 7) is 1.96. The molecule has 0 unspecified atom stereocenters. The molecule has 0 aliphatic heterocycles. The van der Waals surface area contributed by atoms with E-state index in [9.17, 15) is 4.79 Å². The topological polar surface area (TPSA) is 46.9 Å². The van der Waals surface area contributed by atoms with Crippen LogP contribution in [0.5, 0.6) is 0 Å². The molecule has 0 aliphatic rings. The first-order valence-electron chi connectivity index (χ1n) is 5.13. The first-order chi connectivity index (χ1) is 8.08. The van der Waals surface area contributed by atoms with Gasteiger partial charge >= 0.3 is 0 Å². The van der Waals surface area contributed by atoms with Crippen molar-refractivity contribution in [3.8, 4) is 0 Å². The van der Waals surface area contributed by atoms with E-state index >= 15 is 0 Å². The van der Waals surface area contributed by atoms with Crippen molar-refractivity contribution in [3.05, 3.63) is 46.5 Å². The van der Waals surface area contributed by atoms with Gasteiger partial charge in [0.2, 0.25) is 0 Å². The van der Waals surface area contributed by atoms with Gasteiger partial charge in [-0.05, 0) is 47.1 Å². The molecule has 5 heteroatoms. The van der Waals surface area contributed by atoms with E-state index in [0.717, 1.165) is 10.3 Å². The van der Waals surface area contributed by atoms with E-state index in [1.807, 2.05) is 24.6 Å². The molecular weight excluding hydrogens is 282 g/mol. The molecule has 1 amide bonds. The molecule has 2 rings (SSSR count). The van der Waals surface area contributed by atoms with Crippen molar-refractivity contribution < 1.29 is 4.79 Å². The van der Waals surface area contributed by atoms with Crippen LogP contribution in [0.3, 0.4) is 0 Å². The maximum absolute atomic E-state index is 12.0. The number of aromatic nitrogens is 2. The van der Waals surface area contributed by atoms with E-state index < -0.39 is 0 Å². The van der Waals surface area contributed by atoms with Crippen LogP contribution in [0.1, 0.15) is 16.2 Å². The zero-order valence-electron chi connectivity index (χ0n) is 9.57. The molecule has 0 radical (unpaired) electrons. The lowest BCUT2D eigenvalue weighted by Gasteiger charge is -2.06. The third-order valence-corrected chi connectivity index (χ3v) is 3.06. The molecule has 0 aliphatic carbocycles. The summed E-state index contributed by atoms with van der Waals surface area (Å²) in [7, 11) is 1.87. The Labute approximate surface area is 108 Å². The molecule has 88 valence electrons. The second kappa shape index (κ2) is 4.71. The Hall–Kier alpha value is -1.62. The van der Waals surface area contributed by atoms with E-state index in [-0.39, 0.29) is 5.91 Å². The number of rotatable bonds is 2. The Morgan fingerprint density at radius 3 is 2.65 bits per heavy atom. The maximum Gasteiger partial charge on any atom is 0.272 e.